The summed E-state index contributed by atoms with van der Waals surface area (Å²) >= 11 is 2.10. The van der Waals surface area contributed by atoms with E-state index in [2.05, 4.69) is 37.1 Å². The standard InChI is InChI=1S/C8H18S.CH4N2O/c1-3-5-7-9-8-6-4-2;2-1(3)4/h3-8H2,1-2H3;(H4,2,3,4). The van der Waals surface area contributed by atoms with Crippen molar-refractivity contribution in [3.63, 3.8) is 0 Å². The molecule has 0 bridgehead atoms. The molecule has 0 aliphatic carbocycles. The van der Waals surface area contributed by atoms with Crippen LogP contribution in [0.2, 0.25) is 0 Å². The predicted octanol–water partition coefficient (Wildman–Crippen LogP) is 2.34. The number of carbonyl (C=O) groups excluding carboxylic acids is 1. The number of thioether (sulfide) groups is 1. The molecule has 80 valence electrons. The Morgan fingerprint density at radius 1 is 1.08 bits per heavy atom. The van der Waals surface area contributed by atoms with E-state index in [-0.39, 0.29) is 0 Å². The van der Waals surface area contributed by atoms with Gasteiger partial charge < -0.3 is 11.5 Å². The number of carbonyl (C=O) groups is 1. The van der Waals surface area contributed by atoms with Gasteiger partial charge in [0.2, 0.25) is 0 Å². The van der Waals surface area contributed by atoms with Crippen molar-refractivity contribution in [3.05, 3.63) is 0 Å². The number of hydrogen-bond acceptors (Lipinski definition) is 2. The number of unbranched alkanes of at least 4 members (excludes halogenated alkanes) is 2. The van der Waals surface area contributed by atoms with E-state index in [4.69, 9.17) is 4.79 Å². The molecule has 13 heavy (non-hydrogen) atoms. The van der Waals surface area contributed by atoms with Crippen LogP contribution in [-0.4, -0.2) is 17.5 Å². The number of hydrogen-bond donors (Lipinski definition) is 2. The van der Waals surface area contributed by atoms with E-state index in [0.29, 0.717) is 0 Å². The van der Waals surface area contributed by atoms with Gasteiger partial charge in [0, 0.05) is 0 Å². The Morgan fingerprint density at radius 3 is 1.62 bits per heavy atom. The van der Waals surface area contributed by atoms with Gasteiger partial charge in [-0.25, -0.2) is 4.79 Å². The van der Waals surface area contributed by atoms with Gasteiger partial charge >= 0.3 is 6.03 Å². The van der Waals surface area contributed by atoms with E-state index < -0.39 is 6.03 Å². The Morgan fingerprint density at radius 2 is 1.38 bits per heavy atom. The van der Waals surface area contributed by atoms with E-state index in [0.717, 1.165) is 0 Å². The summed E-state index contributed by atoms with van der Waals surface area (Å²) in [6.07, 6.45) is 5.49. The predicted molar refractivity (Wildman–Crippen MR) is 60.9 cm³/mol. The van der Waals surface area contributed by atoms with E-state index in [1.807, 2.05) is 0 Å². The van der Waals surface area contributed by atoms with Crippen LogP contribution in [0.25, 0.3) is 0 Å². The van der Waals surface area contributed by atoms with Gasteiger partial charge in [0.15, 0.2) is 0 Å². The van der Waals surface area contributed by atoms with Gasteiger partial charge in [-0.05, 0) is 24.3 Å². The van der Waals surface area contributed by atoms with E-state index in [1.54, 1.807) is 0 Å². The first kappa shape index (κ1) is 15.1. The highest BCUT2D eigenvalue weighted by atomic mass is 32.2. The van der Waals surface area contributed by atoms with Crippen LogP contribution in [0.1, 0.15) is 39.5 Å². The van der Waals surface area contributed by atoms with Crippen molar-refractivity contribution in [2.24, 2.45) is 11.5 Å². The van der Waals surface area contributed by atoms with Gasteiger partial charge in [0.25, 0.3) is 0 Å². The highest BCUT2D eigenvalue weighted by Crippen LogP contribution is 2.06. The van der Waals surface area contributed by atoms with E-state index in [1.165, 1.54) is 37.2 Å². The van der Waals surface area contributed by atoms with E-state index >= 15 is 0 Å². The third-order valence-corrected chi connectivity index (χ3v) is 2.44. The van der Waals surface area contributed by atoms with Crippen molar-refractivity contribution < 1.29 is 4.79 Å². The second-order valence-electron chi connectivity index (χ2n) is 2.72. The van der Waals surface area contributed by atoms with Gasteiger partial charge in [-0.15, -0.1) is 0 Å². The number of primary amides is 2. The van der Waals surface area contributed by atoms with Crippen molar-refractivity contribution >= 4 is 17.8 Å². The normalized spacial score (nSPS) is 8.77. The lowest BCUT2D eigenvalue weighted by molar-refractivity contribution is 0.256. The maximum atomic E-state index is 9.00. The summed E-state index contributed by atoms with van der Waals surface area (Å²) < 4.78 is 0. The first-order valence-electron chi connectivity index (χ1n) is 4.77. The van der Waals surface area contributed by atoms with Crippen LogP contribution in [0, 0.1) is 0 Å². The molecule has 2 amide bonds. The summed E-state index contributed by atoms with van der Waals surface area (Å²) in [4.78, 5) is 9.00. The van der Waals surface area contributed by atoms with Crippen LogP contribution in [0.5, 0.6) is 0 Å². The number of nitrogens with two attached hydrogens (primary N) is 2. The lowest BCUT2D eigenvalue weighted by atomic mass is 10.4. The maximum Gasteiger partial charge on any atom is 0.309 e. The van der Waals surface area contributed by atoms with Crippen LogP contribution in [-0.2, 0) is 0 Å². The van der Waals surface area contributed by atoms with Crippen molar-refractivity contribution in [2.45, 2.75) is 39.5 Å². The summed E-state index contributed by atoms with van der Waals surface area (Å²) in [5.74, 6) is 2.74. The van der Waals surface area contributed by atoms with Crippen molar-refractivity contribution in [1.29, 1.82) is 0 Å². The fourth-order valence-electron chi connectivity index (χ4n) is 0.595. The molecule has 4 heteroatoms. The second-order valence-corrected chi connectivity index (χ2v) is 3.95. The summed E-state index contributed by atoms with van der Waals surface area (Å²) in [7, 11) is 0. The maximum absolute atomic E-state index is 9.00. The molecule has 0 atom stereocenters. The Hall–Kier alpha value is -0.380. The molecule has 0 aromatic carbocycles. The van der Waals surface area contributed by atoms with Gasteiger partial charge in [-0.2, -0.15) is 11.8 Å². The highest BCUT2D eigenvalue weighted by molar-refractivity contribution is 7.99. The van der Waals surface area contributed by atoms with Crippen molar-refractivity contribution in [2.75, 3.05) is 11.5 Å². The summed E-state index contributed by atoms with van der Waals surface area (Å²) in [5, 5.41) is 0. The molecule has 0 saturated heterocycles. The van der Waals surface area contributed by atoms with Crippen molar-refractivity contribution in [3.8, 4) is 0 Å². The average Bonchev–Trinajstić information content (AvgIpc) is 2.03. The minimum absolute atomic E-state index is 0.833. The molecule has 0 aliphatic rings. The van der Waals surface area contributed by atoms with Crippen molar-refractivity contribution in [1.82, 2.24) is 0 Å². The van der Waals surface area contributed by atoms with Crippen LogP contribution < -0.4 is 11.5 Å². The highest BCUT2D eigenvalue weighted by Gasteiger charge is 1.85. The molecular weight excluding hydrogens is 184 g/mol. The summed E-state index contributed by atoms with van der Waals surface area (Å²) in [5.41, 5.74) is 8.50. The third kappa shape index (κ3) is 34.0. The zero-order chi connectivity index (χ0) is 10.5. The molecule has 3 nitrogen and oxygen atoms in total. The Balaban J connectivity index is 0. The molecular formula is C9H22N2OS. The molecule has 0 rings (SSSR count). The zero-order valence-corrected chi connectivity index (χ0v) is 9.53. The number of rotatable bonds is 6. The lowest BCUT2D eigenvalue weighted by Crippen LogP contribution is -2.18. The molecule has 0 saturated carbocycles. The average molecular weight is 206 g/mol. The summed E-state index contributed by atoms with van der Waals surface area (Å²) in [6.45, 7) is 4.50. The van der Waals surface area contributed by atoms with Crippen LogP contribution in [0.3, 0.4) is 0 Å². The van der Waals surface area contributed by atoms with Gasteiger partial charge in [0.1, 0.15) is 0 Å². The number of amides is 2. The molecule has 0 spiro atoms. The van der Waals surface area contributed by atoms with Gasteiger partial charge in [0.05, 0.1) is 0 Å². The fraction of sp³-hybridized carbons (Fsp3) is 0.889. The quantitative estimate of drug-likeness (QED) is 0.655. The Labute approximate surface area is 85.6 Å². The topological polar surface area (TPSA) is 69.1 Å². The molecule has 0 fully saturated rings. The van der Waals surface area contributed by atoms with Gasteiger partial charge in [-0.1, -0.05) is 26.7 Å². The Bertz CT molecular complexity index is 99.8. The minimum Gasteiger partial charge on any atom is -0.352 e. The monoisotopic (exact) mass is 206 g/mol. The molecule has 0 aromatic heterocycles. The van der Waals surface area contributed by atoms with Crippen LogP contribution >= 0.6 is 11.8 Å². The largest absolute Gasteiger partial charge is 0.352 e. The molecule has 0 aromatic rings. The molecule has 0 aliphatic heterocycles. The van der Waals surface area contributed by atoms with Crippen LogP contribution in [0.15, 0.2) is 0 Å². The number of urea groups is 1. The Kier molecular flexibility index (Phi) is 16.5. The molecule has 0 unspecified atom stereocenters. The minimum atomic E-state index is -0.833. The second kappa shape index (κ2) is 14.2. The fourth-order valence-corrected chi connectivity index (χ4v) is 1.78. The lowest BCUT2D eigenvalue weighted by Gasteiger charge is -1.96. The first-order chi connectivity index (χ1) is 6.15. The SMILES string of the molecule is CCCCSCCCC.NC(N)=O. The zero-order valence-electron chi connectivity index (χ0n) is 8.71. The third-order valence-electron chi connectivity index (χ3n) is 1.28. The smallest absolute Gasteiger partial charge is 0.309 e. The first-order valence-corrected chi connectivity index (χ1v) is 5.93. The molecule has 4 N–H and O–H groups in total. The molecule has 0 heterocycles. The van der Waals surface area contributed by atoms with Crippen LogP contribution in [0.4, 0.5) is 4.79 Å². The van der Waals surface area contributed by atoms with E-state index in [9.17, 15) is 0 Å². The van der Waals surface area contributed by atoms with Gasteiger partial charge in [-0.3, -0.25) is 0 Å². The molecule has 0 radical (unpaired) electrons. The summed E-state index contributed by atoms with van der Waals surface area (Å²) in [6, 6.07) is -0.833.